The molecule has 0 bridgehead atoms. The molecule has 5 nitrogen and oxygen atoms in total. The van der Waals surface area contributed by atoms with E-state index in [1.54, 1.807) is 18.3 Å². The molecule has 2 heterocycles. The zero-order chi connectivity index (χ0) is 12.5. The number of pyridine rings is 1. The number of aromatic nitrogens is 1. The van der Waals surface area contributed by atoms with Gasteiger partial charge in [0.1, 0.15) is 4.90 Å². The van der Waals surface area contributed by atoms with E-state index in [9.17, 15) is 8.42 Å². The molecule has 0 N–H and O–H groups in total. The summed E-state index contributed by atoms with van der Waals surface area (Å²) in [5.74, 6) is 0. The molecule has 1 aliphatic rings. The lowest BCUT2D eigenvalue weighted by Gasteiger charge is -2.34. The lowest BCUT2D eigenvalue weighted by atomic mass is 10.3. The van der Waals surface area contributed by atoms with Crippen molar-refractivity contribution in [3.05, 3.63) is 24.5 Å². The van der Waals surface area contributed by atoms with Crippen LogP contribution in [0.15, 0.2) is 29.4 Å². The Hall–Kier alpha value is -0.980. The van der Waals surface area contributed by atoms with Crippen molar-refractivity contribution in [3.63, 3.8) is 0 Å². The van der Waals surface area contributed by atoms with Gasteiger partial charge in [-0.3, -0.25) is 4.98 Å². The van der Waals surface area contributed by atoms with Crippen molar-refractivity contribution in [1.29, 1.82) is 0 Å². The Kier molecular flexibility index (Phi) is 3.46. The van der Waals surface area contributed by atoms with Gasteiger partial charge < -0.3 is 4.74 Å². The first-order valence-corrected chi connectivity index (χ1v) is 7.00. The first-order valence-electron chi connectivity index (χ1n) is 5.56. The van der Waals surface area contributed by atoms with Crippen molar-refractivity contribution < 1.29 is 13.2 Å². The van der Waals surface area contributed by atoms with Crippen molar-refractivity contribution in [3.8, 4) is 0 Å². The topological polar surface area (TPSA) is 59.5 Å². The molecule has 2 rings (SSSR count). The second-order valence-corrected chi connectivity index (χ2v) is 6.21. The molecule has 1 aromatic rings. The molecule has 0 aliphatic carbocycles. The van der Waals surface area contributed by atoms with Gasteiger partial charge in [0.25, 0.3) is 0 Å². The standard InChI is InChI=1S/C11H16N2O3S/c1-9-7-13(8-10(2)16-9)17(14,15)11-4-3-5-12-6-11/h3-6,9-10H,7-8H2,1-2H3/t9-,10+. The molecule has 0 spiro atoms. The summed E-state index contributed by atoms with van der Waals surface area (Å²) in [6.07, 6.45) is 2.78. The summed E-state index contributed by atoms with van der Waals surface area (Å²) in [7, 11) is -3.44. The third kappa shape index (κ3) is 2.65. The van der Waals surface area contributed by atoms with E-state index in [4.69, 9.17) is 4.74 Å². The number of hydrogen-bond acceptors (Lipinski definition) is 4. The molecule has 1 fully saturated rings. The highest BCUT2D eigenvalue weighted by molar-refractivity contribution is 7.89. The maximum atomic E-state index is 12.3. The van der Waals surface area contributed by atoms with Gasteiger partial charge in [-0.2, -0.15) is 4.31 Å². The molecule has 0 amide bonds. The molecule has 0 saturated carbocycles. The van der Waals surface area contributed by atoms with E-state index in [2.05, 4.69) is 4.98 Å². The van der Waals surface area contributed by atoms with Crippen LogP contribution in [0.4, 0.5) is 0 Å². The minimum atomic E-state index is -3.44. The van der Waals surface area contributed by atoms with Crippen molar-refractivity contribution in [2.45, 2.75) is 31.0 Å². The van der Waals surface area contributed by atoms with Gasteiger partial charge in [-0.25, -0.2) is 8.42 Å². The van der Waals surface area contributed by atoms with Gasteiger partial charge in [-0.05, 0) is 26.0 Å². The smallest absolute Gasteiger partial charge is 0.244 e. The number of morpholine rings is 1. The van der Waals surface area contributed by atoms with Crippen LogP contribution in [-0.4, -0.2) is 43.0 Å². The van der Waals surface area contributed by atoms with E-state index in [1.807, 2.05) is 13.8 Å². The van der Waals surface area contributed by atoms with Crippen molar-refractivity contribution in [2.75, 3.05) is 13.1 Å². The Morgan fingerprint density at radius 3 is 2.53 bits per heavy atom. The molecule has 2 atom stereocenters. The van der Waals surface area contributed by atoms with Crippen LogP contribution in [0.3, 0.4) is 0 Å². The van der Waals surface area contributed by atoms with Gasteiger partial charge in [-0.1, -0.05) is 0 Å². The highest BCUT2D eigenvalue weighted by Gasteiger charge is 2.32. The maximum absolute atomic E-state index is 12.3. The van der Waals surface area contributed by atoms with Gasteiger partial charge in [-0.15, -0.1) is 0 Å². The number of ether oxygens (including phenoxy) is 1. The van der Waals surface area contributed by atoms with Crippen LogP contribution in [-0.2, 0) is 14.8 Å². The van der Waals surface area contributed by atoms with Crippen LogP contribution in [0.2, 0.25) is 0 Å². The third-order valence-corrected chi connectivity index (χ3v) is 4.47. The number of nitrogens with zero attached hydrogens (tertiary/aromatic N) is 2. The average Bonchev–Trinajstić information content (AvgIpc) is 2.29. The normalized spacial score (nSPS) is 26.9. The molecule has 0 radical (unpaired) electrons. The largest absolute Gasteiger partial charge is 0.373 e. The van der Waals surface area contributed by atoms with E-state index in [-0.39, 0.29) is 17.1 Å². The van der Waals surface area contributed by atoms with E-state index in [0.717, 1.165) is 0 Å². The molecule has 1 aliphatic heterocycles. The van der Waals surface area contributed by atoms with E-state index >= 15 is 0 Å². The Labute approximate surface area is 101 Å². The molecule has 6 heteroatoms. The van der Waals surface area contributed by atoms with Crippen molar-refractivity contribution in [1.82, 2.24) is 9.29 Å². The first-order chi connectivity index (χ1) is 8.00. The van der Waals surface area contributed by atoms with Crippen molar-refractivity contribution in [2.24, 2.45) is 0 Å². The summed E-state index contributed by atoms with van der Waals surface area (Å²) in [6, 6.07) is 3.19. The Balaban J connectivity index is 2.27. The van der Waals surface area contributed by atoms with Crippen LogP contribution in [0.25, 0.3) is 0 Å². The highest BCUT2D eigenvalue weighted by Crippen LogP contribution is 2.19. The van der Waals surface area contributed by atoms with Gasteiger partial charge in [0.05, 0.1) is 12.2 Å². The van der Waals surface area contributed by atoms with Crippen molar-refractivity contribution >= 4 is 10.0 Å². The van der Waals surface area contributed by atoms with Crippen LogP contribution < -0.4 is 0 Å². The zero-order valence-corrected chi connectivity index (χ0v) is 10.7. The summed E-state index contributed by atoms with van der Waals surface area (Å²) < 4.78 is 31.6. The van der Waals surface area contributed by atoms with Crippen LogP contribution in [0.5, 0.6) is 0 Å². The van der Waals surface area contributed by atoms with Crippen LogP contribution >= 0.6 is 0 Å². The van der Waals surface area contributed by atoms with Crippen LogP contribution in [0.1, 0.15) is 13.8 Å². The summed E-state index contributed by atoms with van der Waals surface area (Å²) >= 11 is 0. The predicted molar refractivity (Wildman–Crippen MR) is 63.0 cm³/mol. The molecule has 1 saturated heterocycles. The second-order valence-electron chi connectivity index (χ2n) is 4.27. The van der Waals surface area contributed by atoms with Gasteiger partial charge in [0.15, 0.2) is 0 Å². The fourth-order valence-electron chi connectivity index (χ4n) is 1.98. The van der Waals surface area contributed by atoms with E-state index in [1.165, 1.54) is 10.5 Å². The molecular weight excluding hydrogens is 240 g/mol. The minimum Gasteiger partial charge on any atom is -0.373 e. The fourth-order valence-corrected chi connectivity index (χ4v) is 3.53. The van der Waals surface area contributed by atoms with Gasteiger partial charge in [0, 0.05) is 25.5 Å². The predicted octanol–water partition coefficient (Wildman–Crippen LogP) is 0.880. The fraction of sp³-hybridized carbons (Fsp3) is 0.545. The maximum Gasteiger partial charge on any atom is 0.244 e. The summed E-state index contributed by atoms with van der Waals surface area (Å²) in [4.78, 5) is 4.08. The van der Waals surface area contributed by atoms with Gasteiger partial charge >= 0.3 is 0 Å². The summed E-state index contributed by atoms with van der Waals surface area (Å²) in [5.41, 5.74) is 0. The summed E-state index contributed by atoms with van der Waals surface area (Å²) in [5, 5.41) is 0. The van der Waals surface area contributed by atoms with E-state index in [0.29, 0.717) is 13.1 Å². The summed E-state index contributed by atoms with van der Waals surface area (Å²) in [6.45, 7) is 4.53. The molecule has 0 aromatic carbocycles. The van der Waals surface area contributed by atoms with Gasteiger partial charge in [0.2, 0.25) is 10.0 Å². The number of rotatable bonds is 2. The average molecular weight is 256 g/mol. The second kappa shape index (κ2) is 4.72. The zero-order valence-electron chi connectivity index (χ0n) is 9.91. The number of hydrogen-bond donors (Lipinski definition) is 0. The Morgan fingerprint density at radius 2 is 2.00 bits per heavy atom. The molecule has 17 heavy (non-hydrogen) atoms. The molecule has 0 unspecified atom stereocenters. The minimum absolute atomic E-state index is 0.0785. The molecule has 1 aromatic heterocycles. The monoisotopic (exact) mass is 256 g/mol. The molecular formula is C11H16N2O3S. The van der Waals surface area contributed by atoms with Crippen LogP contribution in [0, 0.1) is 0 Å². The number of sulfonamides is 1. The highest BCUT2D eigenvalue weighted by atomic mass is 32.2. The Bertz CT molecular complexity index is 465. The van der Waals surface area contributed by atoms with E-state index < -0.39 is 10.0 Å². The first kappa shape index (κ1) is 12.5. The lowest BCUT2D eigenvalue weighted by Crippen LogP contribution is -2.48. The SMILES string of the molecule is C[C@@H]1CN(S(=O)(=O)c2cccnc2)C[C@H](C)O1. The lowest BCUT2D eigenvalue weighted by molar-refractivity contribution is -0.0440. The Morgan fingerprint density at radius 1 is 1.35 bits per heavy atom. The quantitative estimate of drug-likeness (QED) is 0.788. The third-order valence-electron chi connectivity index (χ3n) is 2.66. The molecule has 94 valence electrons.